The van der Waals surface area contributed by atoms with Crippen molar-refractivity contribution in [2.24, 2.45) is 0 Å². The van der Waals surface area contributed by atoms with E-state index in [1.54, 1.807) is 6.07 Å². The fourth-order valence-corrected chi connectivity index (χ4v) is 4.09. The van der Waals surface area contributed by atoms with Crippen molar-refractivity contribution in [2.75, 3.05) is 6.54 Å². The number of carboxylic acid groups (broad SMARTS) is 1. The van der Waals surface area contributed by atoms with Gasteiger partial charge in [-0.1, -0.05) is 12.1 Å². The summed E-state index contributed by atoms with van der Waals surface area (Å²) in [6.07, 6.45) is 3.31. The number of aromatic carboxylic acids is 1. The van der Waals surface area contributed by atoms with E-state index in [0.717, 1.165) is 17.7 Å². The van der Waals surface area contributed by atoms with Crippen molar-refractivity contribution in [2.45, 2.75) is 49.0 Å². The molecule has 144 valence electrons. The molecule has 2 N–H and O–H groups in total. The van der Waals surface area contributed by atoms with Crippen LogP contribution in [-0.2, 0) is 10.5 Å². The molecular formula is C20H23NO5S. The van der Waals surface area contributed by atoms with Crippen LogP contribution in [0.3, 0.4) is 0 Å². The van der Waals surface area contributed by atoms with Crippen molar-refractivity contribution in [3.05, 3.63) is 53.5 Å². The van der Waals surface area contributed by atoms with Crippen LogP contribution in [0.25, 0.3) is 0 Å². The van der Waals surface area contributed by atoms with Crippen LogP contribution >= 0.6 is 11.8 Å². The number of carbonyl (C=O) groups is 2. The predicted octanol–water partition coefficient (Wildman–Crippen LogP) is 3.96. The van der Waals surface area contributed by atoms with Crippen molar-refractivity contribution >= 4 is 23.6 Å². The lowest BCUT2D eigenvalue weighted by molar-refractivity contribution is -0.0138. The summed E-state index contributed by atoms with van der Waals surface area (Å²) in [5.74, 6) is -0.475. The van der Waals surface area contributed by atoms with Gasteiger partial charge in [0.05, 0.1) is 29.3 Å². The molecule has 1 atom stereocenters. The van der Waals surface area contributed by atoms with Crippen molar-refractivity contribution in [3.63, 3.8) is 0 Å². The molecule has 0 spiro atoms. The lowest BCUT2D eigenvalue weighted by Gasteiger charge is -2.19. The molecule has 1 saturated heterocycles. The third kappa shape index (κ3) is 4.93. The minimum absolute atomic E-state index is 0.0324. The van der Waals surface area contributed by atoms with Gasteiger partial charge in [0, 0.05) is 11.4 Å². The summed E-state index contributed by atoms with van der Waals surface area (Å²) < 4.78 is 11.2. The molecule has 7 heteroatoms. The van der Waals surface area contributed by atoms with Crippen LogP contribution in [0.1, 0.15) is 53.2 Å². The van der Waals surface area contributed by atoms with Gasteiger partial charge in [0.15, 0.2) is 0 Å². The fraction of sp³-hybridized carbons (Fsp3) is 0.400. The van der Waals surface area contributed by atoms with Gasteiger partial charge in [-0.2, -0.15) is 0 Å². The second-order valence-corrected chi connectivity index (χ2v) is 8.11. The molecule has 2 aromatic rings. The number of nitrogens with one attached hydrogen (secondary N) is 1. The van der Waals surface area contributed by atoms with Crippen LogP contribution in [0.5, 0.6) is 0 Å². The van der Waals surface area contributed by atoms with E-state index in [1.165, 1.54) is 24.1 Å². The van der Waals surface area contributed by atoms with Crippen molar-refractivity contribution in [1.82, 2.24) is 5.32 Å². The second kappa shape index (κ2) is 8.19. The molecule has 1 aliphatic heterocycles. The molecule has 0 aliphatic carbocycles. The fourth-order valence-electron chi connectivity index (χ4n) is 3.09. The largest absolute Gasteiger partial charge is 0.478 e. The molecule has 6 nitrogen and oxygen atoms in total. The number of carbonyl (C=O) groups excluding carboxylic acids is 1. The first-order chi connectivity index (χ1) is 12.9. The Kier molecular flexibility index (Phi) is 5.92. The highest BCUT2D eigenvalue weighted by molar-refractivity contribution is 7.98. The highest BCUT2D eigenvalue weighted by Crippen LogP contribution is 2.30. The molecule has 1 aromatic carbocycles. The average Bonchev–Trinajstić information content (AvgIpc) is 3.24. The third-order valence-corrected chi connectivity index (χ3v) is 5.58. The molecule has 1 amide bonds. The normalized spacial score (nSPS) is 18.4. The number of ether oxygens (including phenoxy) is 1. The minimum Gasteiger partial charge on any atom is -0.478 e. The highest BCUT2D eigenvalue weighted by Gasteiger charge is 2.31. The number of hydrogen-bond donors (Lipinski definition) is 2. The molecule has 2 heterocycles. The van der Waals surface area contributed by atoms with Gasteiger partial charge in [0.2, 0.25) is 0 Å². The van der Waals surface area contributed by atoms with E-state index in [0.29, 0.717) is 23.6 Å². The maximum atomic E-state index is 12.6. The van der Waals surface area contributed by atoms with Gasteiger partial charge in [-0.25, -0.2) is 4.79 Å². The van der Waals surface area contributed by atoms with Crippen LogP contribution in [0.4, 0.5) is 0 Å². The monoisotopic (exact) mass is 389 g/mol. The zero-order valence-corrected chi connectivity index (χ0v) is 16.2. The maximum absolute atomic E-state index is 12.6. The molecule has 1 aromatic heterocycles. The van der Waals surface area contributed by atoms with Gasteiger partial charge in [0.1, 0.15) is 11.3 Å². The van der Waals surface area contributed by atoms with Gasteiger partial charge in [-0.3, -0.25) is 4.79 Å². The van der Waals surface area contributed by atoms with Crippen LogP contribution in [0.2, 0.25) is 0 Å². The van der Waals surface area contributed by atoms with Gasteiger partial charge in [0.25, 0.3) is 5.91 Å². The van der Waals surface area contributed by atoms with Crippen LogP contribution in [0, 0.1) is 0 Å². The van der Waals surface area contributed by atoms with Crippen molar-refractivity contribution in [1.29, 1.82) is 0 Å². The summed E-state index contributed by atoms with van der Waals surface area (Å²) in [6, 6.07) is 8.70. The van der Waals surface area contributed by atoms with E-state index in [4.69, 9.17) is 14.3 Å². The van der Waals surface area contributed by atoms with Crippen molar-refractivity contribution < 1.29 is 23.8 Å². The standard InChI is InChI=1S/C20H23NO5S/c1-20(2)9-7-13(26-20)11-21-18(22)15-5-3-4-6-17(15)27-12-16-14(19(23)24)8-10-25-16/h3-6,8,10,13H,7,9,11-12H2,1-2H3,(H,21,22)(H,23,24). The number of furan rings is 1. The third-order valence-electron chi connectivity index (χ3n) is 4.51. The second-order valence-electron chi connectivity index (χ2n) is 7.10. The number of carboxylic acids is 1. The van der Waals surface area contributed by atoms with E-state index in [9.17, 15) is 9.59 Å². The molecule has 0 saturated carbocycles. The minimum atomic E-state index is -1.02. The Bertz CT molecular complexity index is 829. The Morgan fingerprint density at radius 1 is 1.26 bits per heavy atom. The SMILES string of the molecule is CC1(C)CCC(CNC(=O)c2ccccc2SCc2occc2C(=O)O)O1. The summed E-state index contributed by atoms with van der Waals surface area (Å²) in [7, 11) is 0. The van der Waals surface area contributed by atoms with Gasteiger partial charge >= 0.3 is 5.97 Å². The van der Waals surface area contributed by atoms with Gasteiger partial charge < -0.3 is 19.6 Å². The van der Waals surface area contributed by atoms with Crippen LogP contribution in [-0.4, -0.2) is 35.2 Å². The predicted molar refractivity (Wildman–Crippen MR) is 102 cm³/mol. The molecule has 1 aliphatic rings. The molecule has 0 radical (unpaired) electrons. The lowest BCUT2D eigenvalue weighted by Crippen LogP contribution is -2.33. The summed E-state index contributed by atoms with van der Waals surface area (Å²) in [6.45, 7) is 4.59. The summed E-state index contributed by atoms with van der Waals surface area (Å²) in [5, 5.41) is 12.1. The molecule has 27 heavy (non-hydrogen) atoms. The first-order valence-corrected chi connectivity index (χ1v) is 9.82. The molecular weight excluding hydrogens is 366 g/mol. The summed E-state index contributed by atoms with van der Waals surface area (Å²) >= 11 is 1.37. The van der Waals surface area contributed by atoms with Gasteiger partial charge in [-0.15, -0.1) is 11.8 Å². The van der Waals surface area contributed by atoms with Crippen LogP contribution < -0.4 is 5.32 Å². The zero-order valence-electron chi connectivity index (χ0n) is 15.4. The Morgan fingerprint density at radius 3 is 2.74 bits per heavy atom. The summed E-state index contributed by atoms with van der Waals surface area (Å²) in [4.78, 5) is 24.6. The lowest BCUT2D eigenvalue weighted by atomic mass is 10.1. The Hall–Kier alpha value is -2.25. The number of amides is 1. The van der Waals surface area contributed by atoms with E-state index in [-0.39, 0.29) is 23.2 Å². The highest BCUT2D eigenvalue weighted by atomic mass is 32.2. The Morgan fingerprint density at radius 2 is 2.04 bits per heavy atom. The summed E-state index contributed by atoms with van der Waals surface area (Å²) in [5.41, 5.74) is 0.572. The Labute approximate surface area is 162 Å². The van der Waals surface area contributed by atoms with Gasteiger partial charge in [-0.05, 0) is 44.9 Å². The van der Waals surface area contributed by atoms with E-state index in [2.05, 4.69) is 19.2 Å². The molecule has 1 unspecified atom stereocenters. The van der Waals surface area contributed by atoms with Crippen LogP contribution in [0.15, 0.2) is 45.9 Å². The van der Waals surface area contributed by atoms with E-state index >= 15 is 0 Å². The average molecular weight is 389 g/mol. The van der Waals surface area contributed by atoms with Crippen molar-refractivity contribution in [3.8, 4) is 0 Å². The zero-order chi connectivity index (χ0) is 19.4. The Balaban J connectivity index is 1.62. The molecule has 1 fully saturated rings. The number of hydrogen-bond acceptors (Lipinski definition) is 5. The smallest absolute Gasteiger partial charge is 0.339 e. The number of thioether (sulfide) groups is 1. The molecule has 3 rings (SSSR count). The molecule has 0 bridgehead atoms. The maximum Gasteiger partial charge on any atom is 0.339 e. The quantitative estimate of drug-likeness (QED) is 0.697. The topological polar surface area (TPSA) is 88.8 Å². The van der Waals surface area contributed by atoms with E-state index < -0.39 is 5.97 Å². The number of benzene rings is 1. The first kappa shape index (κ1) is 19.5. The first-order valence-electron chi connectivity index (χ1n) is 8.83. The number of rotatable bonds is 7. The van der Waals surface area contributed by atoms with E-state index in [1.807, 2.05) is 18.2 Å².